The van der Waals surface area contributed by atoms with Crippen LogP contribution in [0.25, 0.3) is 0 Å². The van der Waals surface area contributed by atoms with Gasteiger partial charge in [-0.25, -0.2) is 0 Å². The monoisotopic (exact) mass is 475 g/mol. The minimum absolute atomic E-state index is 0.0848. The van der Waals surface area contributed by atoms with E-state index >= 15 is 0 Å². The van der Waals surface area contributed by atoms with Crippen LogP contribution in [0.15, 0.2) is 72.8 Å². The highest BCUT2D eigenvalue weighted by molar-refractivity contribution is 5.41. The van der Waals surface area contributed by atoms with Crippen molar-refractivity contribution in [3.05, 3.63) is 95.1 Å². The summed E-state index contributed by atoms with van der Waals surface area (Å²) in [6, 6.07) is 19.3. The van der Waals surface area contributed by atoms with Gasteiger partial charge in [-0.1, -0.05) is 55.5 Å². The zero-order valence-electron chi connectivity index (χ0n) is 18.7. The summed E-state index contributed by atoms with van der Waals surface area (Å²) in [5.74, 6) is -0.449. The maximum absolute atomic E-state index is 13.7. The number of aliphatic hydroxyl groups excluding tert-OH is 2. The van der Waals surface area contributed by atoms with Gasteiger partial charge < -0.3 is 25.4 Å². The molecule has 3 rings (SSSR count). The van der Waals surface area contributed by atoms with Crippen molar-refractivity contribution in [3.8, 4) is 11.5 Å². The molecular formula is C26H28F3NO4. The first kappa shape index (κ1) is 25.6. The third-order valence-electron chi connectivity index (χ3n) is 5.54. The molecule has 0 saturated heterocycles. The third-order valence-corrected chi connectivity index (χ3v) is 5.54. The minimum atomic E-state index is -4.66. The molecule has 0 radical (unpaired) electrons. The molecule has 0 heterocycles. The van der Waals surface area contributed by atoms with Crippen LogP contribution in [0.5, 0.6) is 11.5 Å². The van der Waals surface area contributed by atoms with E-state index in [1.54, 1.807) is 31.2 Å². The Morgan fingerprint density at radius 1 is 0.882 bits per heavy atom. The zero-order valence-corrected chi connectivity index (χ0v) is 18.7. The number of hydrogen-bond donors (Lipinski definition) is 3. The number of ether oxygens (including phenoxy) is 2. The summed E-state index contributed by atoms with van der Waals surface area (Å²) in [6.07, 6.45) is -5.85. The number of benzene rings is 3. The molecule has 5 nitrogen and oxygen atoms in total. The fourth-order valence-corrected chi connectivity index (χ4v) is 3.48. The van der Waals surface area contributed by atoms with Crippen LogP contribution in [-0.4, -0.2) is 29.0 Å². The van der Waals surface area contributed by atoms with E-state index in [2.05, 4.69) is 0 Å². The molecule has 0 amide bonds. The molecule has 0 spiro atoms. The van der Waals surface area contributed by atoms with Crippen LogP contribution in [0.1, 0.15) is 35.1 Å². The molecule has 0 bridgehead atoms. The van der Waals surface area contributed by atoms with Gasteiger partial charge in [0.2, 0.25) is 0 Å². The summed E-state index contributed by atoms with van der Waals surface area (Å²) in [4.78, 5) is 0. The first-order chi connectivity index (χ1) is 16.2. The first-order valence-corrected chi connectivity index (χ1v) is 10.8. The van der Waals surface area contributed by atoms with Gasteiger partial charge in [-0.05, 0) is 41.0 Å². The molecule has 3 unspecified atom stereocenters. The molecule has 0 fully saturated rings. The normalized spacial score (nSPS) is 14.3. The molecule has 0 aliphatic heterocycles. The van der Waals surface area contributed by atoms with Gasteiger partial charge in [0, 0.05) is 5.92 Å². The standard InChI is InChI=1S/C26H28F3NO4/c1-17(25(32)23(30)14-31)20-10-11-24(22(13-20)26(27,28)29)34-16-19-8-5-9-21(12-19)33-15-18-6-3-2-4-7-18/h2-13,17,23,25,31-32H,14-16,30H2,1H3. The van der Waals surface area contributed by atoms with Gasteiger partial charge in [-0.3, -0.25) is 0 Å². The summed E-state index contributed by atoms with van der Waals surface area (Å²) >= 11 is 0. The predicted molar refractivity (Wildman–Crippen MR) is 122 cm³/mol. The zero-order chi connectivity index (χ0) is 24.7. The summed E-state index contributed by atoms with van der Waals surface area (Å²) in [5.41, 5.74) is 6.58. The molecule has 0 aliphatic rings. The lowest BCUT2D eigenvalue weighted by Crippen LogP contribution is -2.41. The first-order valence-electron chi connectivity index (χ1n) is 10.8. The number of aliphatic hydroxyl groups is 2. The van der Waals surface area contributed by atoms with Gasteiger partial charge >= 0.3 is 6.18 Å². The van der Waals surface area contributed by atoms with Crippen molar-refractivity contribution in [2.75, 3.05) is 6.61 Å². The van der Waals surface area contributed by atoms with E-state index in [4.69, 9.17) is 20.3 Å². The number of hydrogen-bond acceptors (Lipinski definition) is 5. The van der Waals surface area contributed by atoms with E-state index in [0.717, 1.165) is 11.6 Å². The van der Waals surface area contributed by atoms with Crippen LogP contribution in [0.3, 0.4) is 0 Å². The molecule has 0 aliphatic carbocycles. The summed E-state index contributed by atoms with van der Waals surface area (Å²) in [7, 11) is 0. The van der Waals surface area contributed by atoms with Gasteiger partial charge in [0.25, 0.3) is 0 Å². The second kappa shape index (κ2) is 11.4. The maximum Gasteiger partial charge on any atom is 0.419 e. The van der Waals surface area contributed by atoms with Gasteiger partial charge in [0.05, 0.1) is 24.3 Å². The molecule has 0 saturated carbocycles. The number of rotatable bonds is 10. The van der Waals surface area contributed by atoms with E-state index in [-0.39, 0.29) is 17.9 Å². The summed E-state index contributed by atoms with van der Waals surface area (Å²) < 4.78 is 52.5. The van der Waals surface area contributed by atoms with Crippen LogP contribution in [0.2, 0.25) is 0 Å². The van der Waals surface area contributed by atoms with Crippen LogP contribution < -0.4 is 15.2 Å². The molecule has 8 heteroatoms. The average Bonchev–Trinajstić information content (AvgIpc) is 2.85. The van der Waals surface area contributed by atoms with Crippen molar-refractivity contribution >= 4 is 0 Å². The van der Waals surface area contributed by atoms with Gasteiger partial charge in [0.1, 0.15) is 24.7 Å². The lowest BCUT2D eigenvalue weighted by molar-refractivity contribution is -0.139. The molecule has 0 aromatic heterocycles. The van der Waals surface area contributed by atoms with Crippen molar-refractivity contribution in [1.29, 1.82) is 0 Å². The summed E-state index contributed by atoms with van der Waals surface area (Å²) in [6.45, 7) is 1.36. The molecular weight excluding hydrogens is 447 g/mol. The van der Waals surface area contributed by atoms with Crippen molar-refractivity contribution in [2.45, 2.75) is 44.4 Å². The molecule has 34 heavy (non-hydrogen) atoms. The lowest BCUT2D eigenvalue weighted by atomic mass is 9.90. The van der Waals surface area contributed by atoms with Crippen molar-refractivity contribution < 1.29 is 32.9 Å². The predicted octanol–water partition coefficient (Wildman–Crippen LogP) is 4.65. The Labute approximate surface area is 196 Å². The van der Waals surface area contributed by atoms with Gasteiger partial charge in [-0.2, -0.15) is 13.2 Å². The van der Waals surface area contributed by atoms with E-state index in [1.807, 2.05) is 30.3 Å². The molecule has 3 aromatic rings. The van der Waals surface area contributed by atoms with E-state index in [0.29, 0.717) is 17.9 Å². The molecule has 3 atom stereocenters. The Balaban J connectivity index is 1.72. The van der Waals surface area contributed by atoms with Crippen molar-refractivity contribution in [3.63, 3.8) is 0 Å². The smallest absolute Gasteiger partial charge is 0.419 e. The molecule has 182 valence electrons. The second-order valence-electron chi connectivity index (χ2n) is 8.09. The summed E-state index contributed by atoms with van der Waals surface area (Å²) in [5, 5.41) is 19.3. The SMILES string of the molecule is CC(c1ccc(OCc2cccc(OCc3ccccc3)c2)c(C(F)(F)F)c1)C(O)C(N)CO. The quantitative estimate of drug-likeness (QED) is 0.398. The lowest BCUT2D eigenvalue weighted by Gasteiger charge is -2.25. The maximum atomic E-state index is 13.7. The number of halogens is 3. The highest BCUT2D eigenvalue weighted by Gasteiger charge is 2.36. The van der Waals surface area contributed by atoms with Gasteiger partial charge in [0.15, 0.2) is 0 Å². The van der Waals surface area contributed by atoms with Crippen LogP contribution in [-0.2, 0) is 19.4 Å². The average molecular weight is 476 g/mol. The van der Waals surface area contributed by atoms with Crippen molar-refractivity contribution in [2.24, 2.45) is 5.73 Å². The molecule has 4 N–H and O–H groups in total. The fourth-order valence-electron chi connectivity index (χ4n) is 3.48. The highest BCUT2D eigenvalue weighted by atomic mass is 19.4. The van der Waals surface area contributed by atoms with Crippen LogP contribution >= 0.6 is 0 Å². The Morgan fingerprint density at radius 3 is 2.24 bits per heavy atom. The largest absolute Gasteiger partial charge is 0.489 e. The third kappa shape index (κ3) is 6.72. The Kier molecular flexibility index (Phi) is 8.55. The second-order valence-corrected chi connectivity index (χ2v) is 8.09. The minimum Gasteiger partial charge on any atom is -0.489 e. The van der Waals surface area contributed by atoms with E-state index in [9.17, 15) is 18.3 Å². The molecule has 3 aromatic carbocycles. The Morgan fingerprint density at radius 2 is 1.56 bits per heavy atom. The van der Waals surface area contributed by atoms with E-state index < -0.39 is 36.4 Å². The highest BCUT2D eigenvalue weighted by Crippen LogP contribution is 2.39. The van der Waals surface area contributed by atoms with Crippen molar-refractivity contribution in [1.82, 2.24) is 0 Å². The Bertz CT molecular complexity index is 1060. The topological polar surface area (TPSA) is 84.9 Å². The Hall–Kier alpha value is -3.07. The van der Waals surface area contributed by atoms with Gasteiger partial charge in [-0.15, -0.1) is 0 Å². The fraction of sp³-hybridized carbons (Fsp3) is 0.308. The van der Waals surface area contributed by atoms with Crippen LogP contribution in [0, 0.1) is 0 Å². The van der Waals surface area contributed by atoms with Crippen LogP contribution in [0.4, 0.5) is 13.2 Å². The number of nitrogens with two attached hydrogens (primary N) is 1. The van der Waals surface area contributed by atoms with E-state index in [1.165, 1.54) is 12.1 Å². The number of alkyl halides is 3.